The Morgan fingerprint density at radius 1 is 0.903 bits per heavy atom. The van der Waals surface area contributed by atoms with Gasteiger partial charge in [0.15, 0.2) is 0 Å². The van der Waals surface area contributed by atoms with E-state index in [1.54, 1.807) is 18.2 Å². The molecule has 172 valence electrons. The van der Waals surface area contributed by atoms with Gasteiger partial charge in [-0.1, -0.05) is 18.2 Å². The quantitative estimate of drug-likeness (QED) is 0.532. The molecule has 0 bridgehead atoms. The van der Waals surface area contributed by atoms with Crippen LogP contribution in [0.4, 0.5) is 17.6 Å². The fourth-order valence-corrected chi connectivity index (χ4v) is 4.25. The van der Waals surface area contributed by atoms with E-state index in [9.17, 15) is 17.6 Å². The number of halogens is 6. The fraction of sp³-hybridized carbons (Fsp3) is 0.455. The first-order valence-corrected chi connectivity index (χ1v) is 9.98. The van der Waals surface area contributed by atoms with Crippen LogP contribution in [0.1, 0.15) is 35.6 Å². The molecule has 2 heterocycles. The number of rotatable bonds is 4. The minimum Gasteiger partial charge on any atom is -0.492 e. The summed E-state index contributed by atoms with van der Waals surface area (Å²) < 4.78 is 60.7. The van der Waals surface area contributed by atoms with E-state index < -0.39 is 23.6 Å². The summed E-state index contributed by atoms with van der Waals surface area (Å²) in [5, 5.41) is 0. The van der Waals surface area contributed by atoms with Gasteiger partial charge >= 0.3 is 6.18 Å². The second kappa shape index (κ2) is 10.9. The number of likely N-dealkylation sites (tertiary alicyclic amines) is 1. The summed E-state index contributed by atoms with van der Waals surface area (Å²) in [4.78, 5) is 4.39. The summed E-state index contributed by atoms with van der Waals surface area (Å²) in [7, 11) is 0. The number of hydrogen-bond donors (Lipinski definition) is 0. The van der Waals surface area contributed by atoms with Crippen LogP contribution in [0.15, 0.2) is 42.5 Å². The lowest BCUT2D eigenvalue weighted by molar-refractivity contribution is -0.137. The minimum atomic E-state index is -4.47. The normalized spacial score (nSPS) is 19.5. The lowest BCUT2D eigenvalue weighted by Gasteiger charge is -2.32. The van der Waals surface area contributed by atoms with Crippen molar-refractivity contribution >= 4 is 24.8 Å². The van der Waals surface area contributed by atoms with Gasteiger partial charge in [-0.05, 0) is 50.2 Å². The van der Waals surface area contributed by atoms with E-state index in [0.29, 0.717) is 36.6 Å². The summed E-state index contributed by atoms with van der Waals surface area (Å²) in [6.07, 6.45) is -2.14. The van der Waals surface area contributed by atoms with Gasteiger partial charge in [-0.25, -0.2) is 4.39 Å². The van der Waals surface area contributed by atoms with E-state index in [1.807, 2.05) is 4.90 Å². The molecule has 3 nitrogen and oxygen atoms in total. The van der Waals surface area contributed by atoms with Gasteiger partial charge in [0.05, 0.1) is 11.6 Å². The Hall–Kier alpha value is -1.54. The van der Waals surface area contributed by atoms with Gasteiger partial charge in [-0.15, -0.1) is 24.8 Å². The van der Waals surface area contributed by atoms with Crippen LogP contribution in [0, 0.1) is 5.82 Å². The van der Waals surface area contributed by atoms with Crippen LogP contribution in [0.3, 0.4) is 0 Å². The Morgan fingerprint density at radius 2 is 1.61 bits per heavy atom. The second-order valence-electron chi connectivity index (χ2n) is 7.61. The van der Waals surface area contributed by atoms with E-state index in [0.717, 1.165) is 44.6 Å². The molecule has 1 fully saturated rings. The highest BCUT2D eigenvalue weighted by atomic mass is 35.5. The zero-order valence-corrected chi connectivity index (χ0v) is 18.5. The Kier molecular flexibility index (Phi) is 9.01. The molecule has 1 unspecified atom stereocenters. The molecule has 0 radical (unpaired) electrons. The predicted octanol–water partition coefficient (Wildman–Crippen LogP) is 5.57. The van der Waals surface area contributed by atoms with E-state index >= 15 is 0 Å². The largest absolute Gasteiger partial charge is 0.492 e. The van der Waals surface area contributed by atoms with Gasteiger partial charge in [0.25, 0.3) is 0 Å². The van der Waals surface area contributed by atoms with Crippen molar-refractivity contribution in [2.45, 2.75) is 25.1 Å². The average molecular weight is 481 g/mol. The van der Waals surface area contributed by atoms with Gasteiger partial charge in [-0.2, -0.15) is 13.2 Å². The molecule has 1 atom stereocenters. The number of hydrogen-bond acceptors (Lipinski definition) is 3. The highest BCUT2D eigenvalue weighted by Crippen LogP contribution is 2.41. The number of benzene rings is 2. The zero-order valence-electron chi connectivity index (χ0n) is 16.9. The molecule has 0 aliphatic carbocycles. The van der Waals surface area contributed by atoms with Crippen LogP contribution >= 0.6 is 24.8 Å². The van der Waals surface area contributed by atoms with Crippen LogP contribution in [0.5, 0.6) is 5.75 Å². The molecule has 0 saturated carbocycles. The lowest BCUT2D eigenvalue weighted by atomic mass is 9.94. The highest BCUT2D eigenvalue weighted by Gasteiger charge is 2.35. The Morgan fingerprint density at radius 3 is 2.29 bits per heavy atom. The van der Waals surface area contributed by atoms with Crippen LogP contribution in [-0.2, 0) is 6.18 Å². The van der Waals surface area contributed by atoms with E-state index in [2.05, 4.69) is 4.90 Å². The fourth-order valence-electron chi connectivity index (χ4n) is 4.25. The first-order valence-electron chi connectivity index (χ1n) is 9.98. The monoisotopic (exact) mass is 480 g/mol. The maximum absolute atomic E-state index is 14.7. The van der Waals surface area contributed by atoms with Crippen molar-refractivity contribution in [2.75, 3.05) is 39.3 Å². The lowest BCUT2D eigenvalue weighted by Crippen LogP contribution is -2.38. The second-order valence-corrected chi connectivity index (χ2v) is 7.61. The molecule has 0 N–H and O–H groups in total. The first kappa shape index (κ1) is 25.7. The molecule has 2 aromatic carbocycles. The summed E-state index contributed by atoms with van der Waals surface area (Å²) in [5.74, 6) is -0.0381. The number of ether oxygens (including phenoxy) is 1. The smallest absolute Gasteiger partial charge is 0.416 e. The Bertz CT molecular complexity index is 860. The van der Waals surface area contributed by atoms with Gasteiger partial charge in [0.1, 0.15) is 18.2 Å². The number of fused-ring (bicyclic) bond motifs is 1. The summed E-state index contributed by atoms with van der Waals surface area (Å²) >= 11 is 0. The van der Waals surface area contributed by atoms with Gasteiger partial charge in [0.2, 0.25) is 0 Å². The van der Waals surface area contributed by atoms with Crippen LogP contribution in [-0.4, -0.2) is 49.1 Å². The molecular weight excluding hydrogens is 455 g/mol. The van der Waals surface area contributed by atoms with Crippen molar-refractivity contribution in [3.63, 3.8) is 0 Å². The Labute approximate surface area is 192 Å². The van der Waals surface area contributed by atoms with Crippen molar-refractivity contribution in [2.24, 2.45) is 0 Å². The molecule has 0 amide bonds. The van der Waals surface area contributed by atoms with Crippen LogP contribution in [0.25, 0.3) is 0 Å². The summed E-state index contributed by atoms with van der Waals surface area (Å²) in [6.45, 7) is 4.37. The molecule has 1 saturated heterocycles. The maximum atomic E-state index is 14.7. The number of nitrogens with zero attached hydrogens (tertiary/aromatic N) is 2. The SMILES string of the molecule is Cl.Cl.Fc1ccccc1C1c2cc(C(F)(F)F)ccc2OCCN1CCN1CCCC1. The molecule has 0 aromatic heterocycles. The molecule has 0 spiro atoms. The Balaban J connectivity index is 0.00000171. The van der Waals surface area contributed by atoms with Crippen LogP contribution < -0.4 is 4.74 Å². The standard InChI is InChI=1S/C22H24F4N2O.2ClH/c23-19-6-2-1-5-17(19)21-18-15-16(22(24,25)26)7-8-20(18)29-14-13-28(21)12-11-27-9-3-4-10-27;;/h1-2,5-8,15,21H,3-4,9-14H2;2*1H. The van der Waals surface area contributed by atoms with E-state index in [1.165, 1.54) is 12.1 Å². The van der Waals surface area contributed by atoms with Crippen molar-refractivity contribution in [1.82, 2.24) is 9.80 Å². The topological polar surface area (TPSA) is 15.7 Å². The maximum Gasteiger partial charge on any atom is 0.416 e. The van der Waals surface area contributed by atoms with Gasteiger partial charge < -0.3 is 9.64 Å². The minimum absolute atomic E-state index is 0. The van der Waals surface area contributed by atoms with Gasteiger partial charge in [-0.3, -0.25) is 4.90 Å². The van der Waals surface area contributed by atoms with E-state index in [4.69, 9.17) is 4.74 Å². The van der Waals surface area contributed by atoms with Crippen LogP contribution in [0.2, 0.25) is 0 Å². The third-order valence-corrected chi connectivity index (χ3v) is 5.73. The molecule has 2 aromatic rings. The van der Waals surface area contributed by atoms with Crippen molar-refractivity contribution < 1.29 is 22.3 Å². The summed E-state index contributed by atoms with van der Waals surface area (Å²) in [6, 6.07) is 9.18. The highest BCUT2D eigenvalue weighted by molar-refractivity contribution is 5.85. The van der Waals surface area contributed by atoms with E-state index in [-0.39, 0.29) is 24.8 Å². The molecule has 4 rings (SSSR count). The number of alkyl halides is 3. The van der Waals surface area contributed by atoms with Crippen molar-refractivity contribution in [1.29, 1.82) is 0 Å². The van der Waals surface area contributed by atoms with Gasteiger partial charge in [0, 0.05) is 30.8 Å². The average Bonchev–Trinajstić information content (AvgIpc) is 3.14. The predicted molar refractivity (Wildman–Crippen MR) is 117 cm³/mol. The third-order valence-electron chi connectivity index (χ3n) is 5.73. The molecule has 9 heteroatoms. The van der Waals surface area contributed by atoms with Crippen molar-refractivity contribution in [3.05, 3.63) is 65.0 Å². The molecule has 2 aliphatic rings. The molecule has 31 heavy (non-hydrogen) atoms. The zero-order chi connectivity index (χ0) is 20.4. The summed E-state index contributed by atoms with van der Waals surface area (Å²) in [5.41, 5.74) is -0.00794. The molecule has 2 aliphatic heterocycles. The van der Waals surface area contributed by atoms with Crippen molar-refractivity contribution in [3.8, 4) is 5.75 Å². The third kappa shape index (κ3) is 5.83. The molecular formula is C22H26Cl2F4N2O. The first-order chi connectivity index (χ1) is 13.9.